The van der Waals surface area contributed by atoms with Gasteiger partial charge in [-0.2, -0.15) is 5.10 Å². The summed E-state index contributed by atoms with van der Waals surface area (Å²) in [6, 6.07) is 0. The highest BCUT2D eigenvalue weighted by molar-refractivity contribution is 5.69. The van der Waals surface area contributed by atoms with Gasteiger partial charge in [0.1, 0.15) is 5.82 Å². The van der Waals surface area contributed by atoms with E-state index in [1.54, 1.807) is 11.5 Å². The number of hydrogen-bond acceptors (Lipinski definition) is 4. The zero-order valence-corrected chi connectivity index (χ0v) is 10.7. The Morgan fingerprint density at radius 3 is 3.00 bits per heavy atom. The monoisotopic (exact) mass is 253 g/mol. The number of carbonyl (C=O) groups excluding carboxylic acids is 1. The molecule has 100 valence electrons. The maximum absolute atomic E-state index is 12.0. The van der Waals surface area contributed by atoms with Crippen molar-refractivity contribution in [1.29, 1.82) is 0 Å². The molecule has 0 aromatic carbocycles. The van der Waals surface area contributed by atoms with Gasteiger partial charge >= 0.3 is 11.7 Å². The van der Waals surface area contributed by atoms with Crippen molar-refractivity contribution in [3.05, 3.63) is 16.3 Å². The van der Waals surface area contributed by atoms with Gasteiger partial charge in [0.05, 0.1) is 19.6 Å². The summed E-state index contributed by atoms with van der Waals surface area (Å²) in [6.45, 7) is 3.18. The first-order valence-corrected chi connectivity index (χ1v) is 6.54. The van der Waals surface area contributed by atoms with Crippen LogP contribution in [0.5, 0.6) is 0 Å². The van der Waals surface area contributed by atoms with Crippen LogP contribution in [0.2, 0.25) is 0 Å². The van der Waals surface area contributed by atoms with Gasteiger partial charge in [-0.15, -0.1) is 0 Å². The van der Waals surface area contributed by atoms with Crippen molar-refractivity contribution >= 4 is 5.97 Å². The van der Waals surface area contributed by atoms with Crippen molar-refractivity contribution < 1.29 is 9.53 Å². The lowest BCUT2D eigenvalue weighted by atomic mass is 10.2. The molecule has 18 heavy (non-hydrogen) atoms. The average molecular weight is 253 g/mol. The number of aryl methyl sites for hydroxylation is 2. The van der Waals surface area contributed by atoms with E-state index in [-0.39, 0.29) is 18.1 Å². The van der Waals surface area contributed by atoms with Crippen molar-refractivity contribution in [1.82, 2.24) is 14.3 Å². The Bertz CT molecular complexity index is 475. The van der Waals surface area contributed by atoms with Gasteiger partial charge in [0.25, 0.3) is 0 Å². The standard InChI is InChI=1S/C12H19N3O3/c1-2-18-11(16)7-9-15-12(17)14-8-5-3-4-6-10(14)13-15/h2-9H2,1H3. The van der Waals surface area contributed by atoms with Gasteiger partial charge in [-0.05, 0) is 19.8 Å². The summed E-state index contributed by atoms with van der Waals surface area (Å²) < 4.78 is 7.96. The molecule has 0 N–H and O–H groups in total. The molecule has 0 saturated carbocycles. The Balaban J connectivity index is 2.06. The Morgan fingerprint density at radius 1 is 1.39 bits per heavy atom. The summed E-state index contributed by atoms with van der Waals surface area (Å²) in [4.78, 5) is 23.3. The fourth-order valence-electron chi connectivity index (χ4n) is 2.20. The number of fused-ring (bicyclic) bond motifs is 1. The topological polar surface area (TPSA) is 66.1 Å². The number of aromatic nitrogens is 3. The Kier molecular flexibility index (Phi) is 4.17. The van der Waals surface area contributed by atoms with Gasteiger partial charge in [0.2, 0.25) is 0 Å². The molecule has 2 rings (SSSR count). The normalized spacial score (nSPS) is 14.9. The zero-order chi connectivity index (χ0) is 13.0. The highest BCUT2D eigenvalue weighted by atomic mass is 16.5. The van der Waals surface area contributed by atoms with Crippen LogP contribution in [0.3, 0.4) is 0 Å². The van der Waals surface area contributed by atoms with Crippen LogP contribution in [-0.2, 0) is 29.0 Å². The van der Waals surface area contributed by atoms with Crippen LogP contribution in [0.1, 0.15) is 38.4 Å². The van der Waals surface area contributed by atoms with Crippen LogP contribution in [0.4, 0.5) is 0 Å². The third-order valence-corrected chi connectivity index (χ3v) is 3.11. The molecule has 0 unspecified atom stereocenters. The van der Waals surface area contributed by atoms with Gasteiger partial charge in [0.15, 0.2) is 0 Å². The third kappa shape index (κ3) is 2.80. The number of carbonyl (C=O) groups is 1. The molecule has 0 atom stereocenters. The molecular formula is C12H19N3O3. The van der Waals surface area contributed by atoms with E-state index in [4.69, 9.17) is 4.74 Å². The highest BCUT2D eigenvalue weighted by Gasteiger charge is 2.16. The molecule has 1 aliphatic rings. The average Bonchev–Trinajstić information content (AvgIpc) is 2.55. The van der Waals surface area contributed by atoms with Crippen molar-refractivity contribution in [2.75, 3.05) is 6.61 Å². The highest BCUT2D eigenvalue weighted by Crippen LogP contribution is 2.10. The maximum Gasteiger partial charge on any atom is 0.345 e. The van der Waals surface area contributed by atoms with Crippen LogP contribution in [0.25, 0.3) is 0 Å². The lowest BCUT2D eigenvalue weighted by molar-refractivity contribution is -0.143. The van der Waals surface area contributed by atoms with E-state index in [1.165, 1.54) is 4.68 Å². The molecule has 6 nitrogen and oxygen atoms in total. The van der Waals surface area contributed by atoms with E-state index in [0.717, 1.165) is 38.1 Å². The molecule has 0 amide bonds. The van der Waals surface area contributed by atoms with Crippen molar-refractivity contribution in [3.8, 4) is 0 Å². The third-order valence-electron chi connectivity index (χ3n) is 3.11. The molecular weight excluding hydrogens is 234 g/mol. The summed E-state index contributed by atoms with van der Waals surface area (Å²) in [6.07, 6.45) is 4.29. The van der Waals surface area contributed by atoms with Gasteiger partial charge in [0, 0.05) is 13.0 Å². The molecule has 6 heteroatoms. The zero-order valence-electron chi connectivity index (χ0n) is 10.7. The Labute approximate surface area is 106 Å². The second kappa shape index (κ2) is 5.84. The second-order valence-electron chi connectivity index (χ2n) is 4.44. The Morgan fingerprint density at radius 2 is 2.22 bits per heavy atom. The molecule has 0 aliphatic carbocycles. The molecule has 0 bridgehead atoms. The van der Waals surface area contributed by atoms with E-state index in [2.05, 4.69) is 5.10 Å². The minimum absolute atomic E-state index is 0.101. The molecule has 1 aromatic heterocycles. The molecule has 1 aliphatic heterocycles. The smallest absolute Gasteiger partial charge is 0.345 e. The van der Waals surface area contributed by atoms with Crippen molar-refractivity contribution in [2.45, 2.75) is 52.1 Å². The fourth-order valence-corrected chi connectivity index (χ4v) is 2.20. The van der Waals surface area contributed by atoms with Crippen LogP contribution in [0, 0.1) is 0 Å². The lowest BCUT2D eigenvalue weighted by Gasteiger charge is -2.01. The molecule has 0 spiro atoms. The van der Waals surface area contributed by atoms with E-state index >= 15 is 0 Å². The number of nitrogens with zero attached hydrogens (tertiary/aromatic N) is 3. The number of rotatable bonds is 4. The van der Waals surface area contributed by atoms with E-state index < -0.39 is 0 Å². The minimum atomic E-state index is -0.285. The van der Waals surface area contributed by atoms with E-state index in [1.807, 2.05) is 0 Å². The van der Waals surface area contributed by atoms with Crippen LogP contribution < -0.4 is 5.69 Å². The molecule has 0 fully saturated rings. The second-order valence-corrected chi connectivity index (χ2v) is 4.44. The first kappa shape index (κ1) is 12.9. The summed E-state index contributed by atoms with van der Waals surface area (Å²) >= 11 is 0. The van der Waals surface area contributed by atoms with Crippen LogP contribution in [-0.4, -0.2) is 26.9 Å². The first-order chi connectivity index (χ1) is 8.72. The molecule has 0 saturated heterocycles. The predicted molar refractivity (Wildman–Crippen MR) is 65.3 cm³/mol. The summed E-state index contributed by atoms with van der Waals surface area (Å²) in [5, 5.41) is 4.30. The van der Waals surface area contributed by atoms with E-state index in [0.29, 0.717) is 13.2 Å². The maximum atomic E-state index is 12.0. The largest absolute Gasteiger partial charge is 0.466 e. The van der Waals surface area contributed by atoms with Crippen LogP contribution in [0.15, 0.2) is 4.79 Å². The molecule has 0 radical (unpaired) electrons. The SMILES string of the molecule is CCOC(=O)CCn1nc2n(c1=O)CCCCC2. The fraction of sp³-hybridized carbons (Fsp3) is 0.750. The molecule has 2 heterocycles. The van der Waals surface area contributed by atoms with Crippen molar-refractivity contribution in [3.63, 3.8) is 0 Å². The van der Waals surface area contributed by atoms with Gasteiger partial charge < -0.3 is 4.74 Å². The van der Waals surface area contributed by atoms with Gasteiger partial charge in [-0.3, -0.25) is 9.36 Å². The van der Waals surface area contributed by atoms with Gasteiger partial charge in [-0.1, -0.05) is 6.42 Å². The minimum Gasteiger partial charge on any atom is -0.466 e. The lowest BCUT2D eigenvalue weighted by Crippen LogP contribution is -2.26. The van der Waals surface area contributed by atoms with Crippen molar-refractivity contribution in [2.24, 2.45) is 0 Å². The molecule has 1 aromatic rings. The Hall–Kier alpha value is -1.59. The summed E-state index contributed by atoms with van der Waals surface area (Å²) in [7, 11) is 0. The predicted octanol–water partition coefficient (Wildman–Crippen LogP) is 0.724. The van der Waals surface area contributed by atoms with Gasteiger partial charge in [-0.25, -0.2) is 9.48 Å². The van der Waals surface area contributed by atoms with E-state index in [9.17, 15) is 9.59 Å². The number of hydrogen-bond donors (Lipinski definition) is 0. The van der Waals surface area contributed by atoms with Crippen LogP contribution >= 0.6 is 0 Å². The summed E-state index contributed by atoms with van der Waals surface area (Å²) in [5.41, 5.74) is -0.101. The first-order valence-electron chi connectivity index (χ1n) is 6.54. The summed E-state index contributed by atoms with van der Waals surface area (Å²) in [5.74, 6) is 0.564. The number of ether oxygens (including phenoxy) is 1. The number of esters is 1. The quantitative estimate of drug-likeness (QED) is 0.742.